The summed E-state index contributed by atoms with van der Waals surface area (Å²) in [5.41, 5.74) is 0. The number of carbonyl (C=O) groups excluding carboxylic acids is 2. The molecule has 0 saturated heterocycles. The third-order valence-electron chi connectivity index (χ3n) is 1.07. The Morgan fingerprint density at radius 3 is 1.57 bits per heavy atom. The number of carbonyl (C=O) groups is 2. The van der Waals surface area contributed by atoms with Crippen LogP contribution in [0.15, 0.2) is 12.2 Å². The lowest BCUT2D eigenvalue weighted by atomic mass is 10.5. The van der Waals surface area contributed by atoms with E-state index in [1.807, 2.05) is 0 Å². The third-order valence-corrected chi connectivity index (χ3v) is 1.50. The van der Waals surface area contributed by atoms with Crippen molar-refractivity contribution in [3.8, 4) is 0 Å². The molecule has 6 heteroatoms. The number of rotatable bonds is 6. The van der Waals surface area contributed by atoms with E-state index in [-0.39, 0.29) is 25.0 Å². The van der Waals surface area contributed by atoms with E-state index in [1.165, 1.54) is 0 Å². The summed E-state index contributed by atoms with van der Waals surface area (Å²) in [7, 11) is 0. The van der Waals surface area contributed by atoms with E-state index >= 15 is 0 Å². The second kappa shape index (κ2) is 8.84. The average Bonchev–Trinajstić information content (AvgIpc) is 2.22. The highest BCUT2D eigenvalue weighted by Crippen LogP contribution is 1.86. The lowest BCUT2D eigenvalue weighted by Gasteiger charge is -1.98. The molecule has 0 aliphatic heterocycles. The van der Waals surface area contributed by atoms with Gasteiger partial charge in [-0.2, -0.15) is 0 Å². The second-order valence-electron chi connectivity index (χ2n) is 2.10. The van der Waals surface area contributed by atoms with Crippen LogP contribution in [0.25, 0.3) is 0 Å². The van der Waals surface area contributed by atoms with Crippen molar-refractivity contribution in [2.24, 2.45) is 0 Å². The van der Waals surface area contributed by atoms with Gasteiger partial charge in [-0.3, -0.25) is 9.59 Å². The van der Waals surface area contributed by atoms with Crippen molar-refractivity contribution in [1.29, 1.82) is 0 Å². The summed E-state index contributed by atoms with van der Waals surface area (Å²) in [5.74, 6) is -1.33. The fraction of sp³-hybridized carbons (Fsp3) is 0.500. The van der Waals surface area contributed by atoms with E-state index in [2.05, 4.69) is 9.47 Å². The standard InChI is InChI=1S/C8H10Cl2O4/c9-5-7(11)13-3-1-2-4-14-8(12)6-10/h1-2H,3-6H2. The summed E-state index contributed by atoms with van der Waals surface area (Å²) < 4.78 is 9.20. The van der Waals surface area contributed by atoms with Crippen LogP contribution in [0, 0.1) is 0 Å². The molecule has 0 N–H and O–H groups in total. The van der Waals surface area contributed by atoms with Crippen LogP contribution in [0.3, 0.4) is 0 Å². The van der Waals surface area contributed by atoms with Crippen molar-refractivity contribution in [2.75, 3.05) is 25.0 Å². The molecule has 0 unspecified atom stereocenters. The van der Waals surface area contributed by atoms with Gasteiger partial charge < -0.3 is 9.47 Å². The first-order chi connectivity index (χ1) is 6.70. The van der Waals surface area contributed by atoms with Crippen LogP contribution in [0.2, 0.25) is 0 Å². The summed E-state index contributed by atoms with van der Waals surface area (Å²) in [6, 6.07) is 0. The van der Waals surface area contributed by atoms with Gasteiger partial charge >= 0.3 is 11.9 Å². The van der Waals surface area contributed by atoms with Gasteiger partial charge in [0.2, 0.25) is 0 Å². The normalized spacial score (nSPS) is 10.1. The first kappa shape index (κ1) is 13.3. The summed E-state index contributed by atoms with van der Waals surface area (Å²) in [6.45, 7) is 0.230. The van der Waals surface area contributed by atoms with Gasteiger partial charge in [-0.1, -0.05) is 0 Å². The molecule has 0 aromatic carbocycles. The molecular formula is C8H10Cl2O4. The highest BCUT2D eigenvalue weighted by atomic mass is 35.5. The largest absolute Gasteiger partial charge is 0.461 e. The maximum Gasteiger partial charge on any atom is 0.321 e. The molecule has 0 atom stereocenters. The predicted octanol–water partition coefficient (Wildman–Crippen LogP) is 1.11. The molecule has 0 rings (SSSR count). The molecule has 0 radical (unpaired) electrons. The van der Waals surface area contributed by atoms with Crippen LogP contribution < -0.4 is 0 Å². The molecule has 0 bridgehead atoms. The zero-order chi connectivity index (χ0) is 10.8. The van der Waals surface area contributed by atoms with Crippen LogP contribution in [0.1, 0.15) is 0 Å². The van der Waals surface area contributed by atoms with Gasteiger partial charge in [-0.25, -0.2) is 0 Å². The van der Waals surface area contributed by atoms with E-state index in [9.17, 15) is 9.59 Å². The zero-order valence-electron chi connectivity index (χ0n) is 7.37. The van der Waals surface area contributed by atoms with Crippen molar-refractivity contribution >= 4 is 35.1 Å². The number of hydrogen-bond donors (Lipinski definition) is 0. The van der Waals surface area contributed by atoms with Crippen LogP contribution in [-0.4, -0.2) is 36.9 Å². The molecule has 0 saturated carbocycles. The fourth-order valence-corrected chi connectivity index (χ4v) is 0.650. The monoisotopic (exact) mass is 240 g/mol. The van der Waals surface area contributed by atoms with Crippen molar-refractivity contribution in [3.63, 3.8) is 0 Å². The minimum Gasteiger partial charge on any atom is -0.461 e. The molecular weight excluding hydrogens is 231 g/mol. The second-order valence-corrected chi connectivity index (χ2v) is 2.64. The van der Waals surface area contributed by atoms with E-state index in [0.717, 1.165) is 0 Å². The first-order valence-corrected chi connectivity index (χ1v) is 4.85. The van der Waals surface area contributed by atoms with Crippen LogP contribution >= 0.6 is 23.2 Å². The van der Waals surface area contributed by atoms with Crippen molar-refractivity contribution in [3.05, 3.63) is 12.2 Å². The summed E-state index contributed by atoms with van der Waals surface area (Å²) in [5, 5.41) is 0. The molecule has 0 aliphatic rings. The number of alkyl halides is 2. The molecule has 0 amide bonds. The van der Waals surface area contributed by atoms with Crippen molar-refractivity contribution < 1.29 is 19.1 Å². The van der Waals surface area contributed by atoms with Gasteiger partial charge in [0.1, 0.15) is 25.0 Å². The maximum atomic E-state index is 10.5. The van der Waals surface area contributed by atoms with Crippen LogP contribution in [0.4, 0.5) is 0 Å². The van der Waals surface area contributed by atoms with Crippen molar-refractivity contribution in [2.45, 2.75) is 0 Å². The van der Waals surface area contributed by atoms with Gasteiger partial charge in [0, 0.05) is 0 Å². The zero-order valence-corrected chi connectivity index (χ0v) is 8.88. The number of hydrogen-bond acceptors (Lipinski definition) is 4. The Balaban J connectivity index is 3.36. The van der Waals surface area contributed by atoms with Gasteiger partial charge in [0.15, 0.2) is 0 Å². The van der Waals surface area contributed by atoms with E-state index in [4.69, 9.17) is 23.2 Å². The Hall–Kier alpha value is -0.740. The SMILES string of the molecule is O=C(CCl)OCC=CCOC(=O)CCl. The van der Waals surface area contributed by atoms with Gasteiger partial charge in [0.05, 0.1) is 0 Å². The Bertz CT molecular complexity index is 193. The van der Waals surface area contributed by atoms with Crippen LogP contribution in [0.5, 0.6) is 0 Å². The topological polar surface area (TPSA) is 52.6 Å². The summed E-state index contributed by atoms with van der Waals surface area (Å²) in [6.07, 6.45) is 3.10. The lowest BCUT2D eigenvalue weighted by Crippen LogP contribution is -2.06. The smallest absolute Gasteiger partial charge is 0.321 e. The fourth-order valence-electron chi connectivity index (χ4n) is 0.495. The first-order valence-electron chi connectivity index (χ1n) is 3.79. The Labute approximate surface area is 91.8 Å². The molecule has 0 aliphatic carbocycles. The van der Waals surface area contributed by atoms with E-state index in [1.54, 1.807) is 12.2 Å². The molecule has 0 aromatic rings. The van der Waals surface area contributed by atoms with Gasteiger partial charge in [-0.05, 0) is 12.2 Å². The number of esters is 2. The Morgan fingerprint density at radius 1 is 0.929 bits per heavy atom. The Morgan fingerprint density at radius 2 is 1.29 bits per heavy atom. The highest BCUT2D eigenvalue weighted by Gasteiger charge is 1.97. The molecule has 0 fully saturated rings. The van der Waals surface area contributed by atoms with Crippen LogP contribution in [-0.2, 0) is 19.1 Å². The number of halogens is 2. The predicted molar refractivity (Wildman–Crippen MR) is 52.5 cm³/mol. The quantitative estimate of drug-likeness (QED) is 0.397. The maximum absolute atomic E-state index is 10.5. The minimum absolute atomic E-state index is 0.115. The molecule has 14 heavy (non-hydrogen) atoms. The summed E-state index contributed by atoms with van der Waals surface area (Å²) in [4.78, 5) is 21.0. The van der Waals surface area contributed by atoms with Gasteiger partial charge in [-0.15, -0.1) is 23.2 Å². The summed E-state index contributed by atoms with van der Waals surface area (Å²) >= 11 is 10.3. The average molecular weight is 241 g/mol. The molecule has 0 spiro atoms. The highest BCUT2D eigenvalue weighted by molar-refractivity contribution is 6.26. The molecule has 80 valence electrons. The van der Waals surface area contributed by atoms with E-state index in [0.29, 0.717) is 0 Å². The lowest BCUT2D eigenvalue weighted by molar-refractivity contribution is -0.140. The van der Waals surface area contributed by atoms with Gasteiger partial charge in [0.25, 0.3) is 0 Å². The Kier molecular flexibility index (Phi) is 8.37. The molecule has 0 heterocycles. The molecule has 0 aromatic heterocycles. The van der Waals surface area contributed by atoms with Crippen molar-refractivity contribution in [1.82, 2.24) is 0 Å². The molecule has 4 nitrogen and oxygen atoms in total. The third kappa shape index (κ3) is 7.89. The minimum atomic E-state index is -0.492. The van der Waals surface area contributed by atoms with E-state index < -0.39 is 11.9 Å². The number of ether oxygens (including phenoxy) is 2.